The summed E-state index contributed by atoms with van der Waals surface area (Å²) in [5.41, 5.74) is 0.587. The van der Waals surface area contributed by atoms with E-state index in [0.717, 1.165) is 5.75 Å². The van der Waals surface area contributed by atoms with Crippen molar-refractivity contribution in [1.82, 2.24) is 0 Å². The van der Waals surface area contributed by atoms with Gasteiger partial charge in [-0.3, -0.25) is 4.79 Å². The maximum absolute atomic E-state index is 12.0. The van der Waals surface area contributed by atoms with E-state index in [1.807, 2.05) is 46.8 Å². The van der Waals surface area contributed by atoms with Crippen LogP contribution in [0.2, 0.25) is 0 Å². The zero-order valence-electron chi connectivity index (χ0n) is 12.4. The van der Waals surface area contributed by atoms with Gasteiger partial charge >= 0.3 is 0 Å². The van der Waals surface area contributed by atoms with Crippen molar-refractivity contribution < 1.29 is 9.53 Å². The largest absolute Gasteiger partial charge is 0.491 e. The number of carbonyl (C=O) groups is 1. The Labute approximate surface area is 116 Å². The second-order valence-corrected chi connectivity index (χ2v) is 5.85. The van der Waals surface area contributed by atoms with Crippen LogP contribution in [0.25, 0.3) is 0 Å². The molecule has 0 atom stereocenters. The van der Waals surface area contributed by atoms with Gasteiger partial charge < -0.3 is 4.74 Å². The quantitative estimate of drug-likeness (QED) is 0.600. The van der Waals surface area contributed by atoms with Crippen LogP contribution in [0.15, 0.2) is 24.3 Å². The van der Waals surface area contributed by atoms with E-state index < -0.39 is 0 Å². The molecule has 0 saturated heterocycles. The smallest absolute Gasteiger partial charge is 0.174 e. The summed E-state index contributed by atoms with van der Waals surface area (Å²) >= 11 is 0. The molecule has 2 nitrogen and oxygen atoms in total. The first kappa shape index (κ1) is 15.3. The molecule has 0 radical (unpaired) electrons. The molecule has 0 heterocycles. The topological polar surface area (TPSA) is 26.3 Å². The Morgan fingerprint density at radius 1 is 1.32 bits per heavy atom. The maximum Gasteiger partial charge on any atom is 0.174 e. The summed E-state index contributed by atoms with van der Waals surface area (Å²) in [4.78, 5) is 12.0. The lowest BCUT2D eigenvalue weighted by Gasteiger charge is -2.10. The molecule has 0 saturated carbocycles. The first-order valence-electron chi connectivity index (χ1n) is 6.58. The van der Waals surface area contributed by atoms with Crippen molar-refractivity contribution in [3.05, 3.63) is 29.8 Å². The normalized spacial score (nSPS) is 10.8. The number of Topliss-reactive ketones (excluding diaryl/α,β-unsaturated/α-hetero) is 1. The van der Waals surface area contributed by atoms with Gasteiger partial charge in [0.25, 0.3) is 0 Å². The molecule has 0 spiro atoms. The number of hydrogen-bond acceptors (Lipinski definition) is 2. The zero-order chi connectivity index (χ0) is 14.5. The highest BCUT2D eigenvalue weighted by molar-refractivity contribution is 5.97. The second-order valence-electron chi connectivity index (χ2n) is 5.85. The van der Waals surface area contributed by atoms with E-state index in [2.05, 4.69) is 11.8 Å². The molecular weight excluding hydrogens is 236 g/mol. The van der Waals surface area contributed by atoms with Crippen molar-refractivity contribution in [3.63, 3.8) is 0 Å². The Balaban J connectivity index is 2.74. The highest BCUT2D eigenvalue weighted by Crippen LogP contribution is 2.16. The SMILES string of the molecule is CC(C)Oc1cccc(C(=O)CC#CC(C)(C)C)c1. The highest BCUT2D eigenvalue weighted by atomic mass is 16.5. The fourth-order valence-electron chi connectivity index (χ4n) is 1.51. The average molecular weight is 258 g/mol. The van der Waals surface area contributed by atoms with Gasteiger partial charge in [-0.2, -0.15) is 0 Å². The third kappa shape index (κ3) is 6.10. The van der Waals surface area contributed by atoms with Gasteiger partial charge in [-0.1, -0.05) is 24.0 Å². The lowest BCUT2D eigenvalue weighted by molar-refractivity contribution is 0.0997. The summed E-state index contributed by atoms with van der Waals surface area (Å²) in [5, 5.41) is 0. The van der Waals surface area contributed by atoms with Gasteiger partial charge in [0.05, 0.1) is 12.5 Å². The van der Waals surface area contributed by atoms with E-state index in [4.69, 9.17) is 4.74 Å². The Kier molecular flexibility index (Phi) is 5.18. The van der Waals surface area contributed by atoms with Crippen molar-refractivity contribution >= 4 is 5.78 Å². The van der Waals surface area contributed by atoms with Gasteiger partial charge in [-0.25, -0.2) is 0 Å². The minimum atomic E-state index is -0.0666. The van der Waals surface area contributed by atoms with Gasteiger partial charge in [0.15, 0.2) is 5.78 Å². The first-order valence-corrected chi connectivity index (χ1v) is 6.58. The number of ether oxygens (including phenoxy) is 1. The van der Waals surface area contributed by atoms with Crippen molar-refractivity contribution in [1.29, 1.82) is 0 Å². The number of ketones is 1. The van der Waals surface area contributed by atoms with E-state index in [9.17, 15) is 4.79 Å². The van der Waals surface area contributed by atoms with Crippen molar-refractivity contribution in [2.45, 2.75) is 47.1 Å². The highest BCUT2D eigenvalue weighted by Gasteiger charge is 2.07. The summed E-state index contributed by atoms with van der Waals surface area (Å²) < 4.78 is 5.58. The van der Waals surface area contributed by atoms with Crippen molar-refractivity contribution in [3.8, 4) is 17.6 Å². The van der Waals surface area contributed by atoms with Crippen LogP contribution in [0.3, 0.4) is 0 Å². The molecule has 0 N–H and O–H groups in total. The van der Waals surface area contributed by atoms with Crippen molar-refractivity contribution in [2.24, 2.45) is 5.41 Å². The second kappa shape index (κ2) is 6.43. The predicted molar refractivity (Wildman–Crippen MR) is 78.4 cm³/mol. The van der Waals surface area contributed by atoms with Crippen molar-refractivity contribution in [2.75, 3.05) is 0 Å². The third-order valence-corrected chi connectivity index (χ3v) is 2.24. The molecule has 19 heavy (non-hydrogen) atoms. The number of benzene rings is 1. The number of hydrogen-bond donors (Lipinski definition) is 0. The standard InChI is InChI=1S/C17H22O2/c1-13(2)19-15-9-6-8-14(12-15)16(18)10-7-11-17(3,4)5/h6,8-9,12-13H,10H2,1-5H3. The Hall–Kier alpha value is -1.75. The molecule has 102 valence electrons. The summed E-state index contributed by atoms with van der Waals surface area (Å²) in [5.74, 6) is 6.77. The van der Waals surface area contributed by atoms with Crippen LogP contribution in [0.1, 0.15) is 51.4 Å². The van der Waals surface area contributed by atoms with E-state index in [-0.39, 0.29) is 23.7 Å². The van der Waals surface area contributed by atoms with Crippen LogP contribution in [-0.2, 0) is 0 Å². The molecule has 1 aromatic carbocycles. The first-order chi connectivity index (χ1) is 8.78. The van der Waals surface area contributed by atoms with E-state index in [1.54, 1.807) is 12.1 Å². The maximum atomic E-state index is 12.0. The summed E-state index contributed by atoms with van der Waals surface area (Å²) in [6.07, 6.45) is 0.355. The summed E-state index contributed by atoms with van der Waals surface area (Å²) in [6, 6.07) is 7.27. The minimum absolute atomic E-state index is 0.0333. The predicted octanol–water partition coefficient (Wildman–Crippen LogP) is 4.10. The fraction of sp³-hybridized carbons (Fsp3) is 0.471. The van der Waals surface area contributed by atoms with E-state index in [0.29, 0.717) is 5.56 Å². The molecule has 0 aliphatic carbocycles. The third-order valence-electron chi connectivity index (χ3n) is 2.24. The molecule has 2 heteroatoms. The molecule has 0 aliphatic heterocycles. The summed E-state index contributed by atoms with van der Waals surface area (Å²) in [6.45, 7) is 10.0. The van der Waals surface area contributed by atoms with Gasteiger partial charge in [0.2, 0.25) is 0 Å². The van der Waals surface area contributed by atoms with Gasteiger partial charge in [0.1, 0.15) is 5.75 Å². The minimum Gasteiger partial charge on any atom is -0.491 e. The van der Waals surface area contributed by atoms with Gasteiger partial charge in [-0.15, -0.1) is 0 Å². The monoisotopic (exact) mass is 258 g/mol. The Morgan fingerprint density at radius 2 is 2.00 bits per heavy atom. The Bertz CT molecular complexity index is 496. The fourth-order valence-corrected chi connectivity index (χ4v) is 1.51. The molecule has 0 amide bonds. The average Bonchev–Trinajstić information content (AvgIpc) is 2.26. The van der Waals surface area contributed by atoms with Gasteiger partial charge in [0, 0.05) is 11.0 Å². The lowest BCUT2D eigenvalue weighted by Crippen LogP contribution is -2.06. The van der Waals surface area contributed by atoms with Crippen LogP contribution < -0.4 is 4.74 Å². The Morgan fingerprint density at radius 3 is 2.58 bits per heavy atom. The van der Waals surface area contributed by atoms with E-state index in [1.165, 1.54) is 0 Å². The number of carbonyl (C=O) groups excluding carboxylic acids is 1. The number of rotatable bonds is 4. The van der Waals surface area contributed by atoms with Gasteiger partial charge in [-0.05, 0) is 46.8 Å². The lowest BCUT2D eigenvalue weighted by atomic mass is 9.97. The molecule has 0 unspecified atom stereocenters. The molecule has 1 aromatic rings. The van der Waals surface area contributed by atoms with Crippen LogP contribution in [-0.4, -0.2) is 11.9 Å². The van der Waals surface area contributed by atoms with E-state index >= 15 is 0 Å². The molecular formula is C17H22O2. The molecule has 0 aromatic heterocycles. The van der Waals surface area contributed by atoms with Crippen LogP contribution in [0.5, 0.6) is 5.75 Å². The molecule has 0 fully saturated rings. The van der Waals surface area contributed by atoms with Crippen LogP contribution in [0.4, 0.5) is 0 Å². The molecule has 0 bridgehead atoms. The zero-order valence-corrected chi connectivity index (χ0v) is 12.4. The molecule has 1 rings (SSSR count). The summed E-state index contributed by atoms with van der Waals surface area (Å²) in [7, 11) is 0. The van der Waals surface area contributed by atoms with Crippen LogP contribution >= 0.6 is 0 Å². The molecule has 0 aliphatic rings. The van der Waals surface area contributed by atoms with Crippen LogP contribution in [0, 0.1) is 17.3 Å².